The number of carbonyl (C=O) groups is 2. The van der Waals surface area contributed by atoms with Crippen LogP contribution in [0.15, 0.2) is 60.3 Å². The topological polar surface area (TPSA) is 109 Å². The van der Waals surface area contributed by atoms with Crippen LogP contribution in [0, 0.1) is 19.7 Å². The molecule has 3 amide bonds. The van der Waals surface area contributed by atoms with Crippen LogP contribution in [-0.4, -0.2) is 49.6 Å². The predicted molar refractivity (Wildman–Crippen MR) is 161 cm³/mol. The van der Waals surface area contributed by atoms with Gasteiger partial charge in [-0.2, -0.15) is 0 Å². The first-order chi connectivity index (χ1) is 19.4. The Hall–Kier alpha value is -4.21. The van der Waals surface area contributed by atoms with Crippen molar-refractivity contribution in [3.8, 4) is 28.0 Å². The third-order valence-corrected chi connectivity index (χ3v) is 7.19. The number of nitrogens with zero attached hydrogens (tertiary/aromatic N) is 1. The molecule has 216 valence electrons. The molecule has 1 aliphatic heterocycles. The first kappa shape index (κ1) is 29.8. The number of anilines is 1. The van der Waals surface area contributed by atoms with Gasteiger partial charge in [0.15, 0.2) is 0 Å². The molecule has 0 saturated heterocycles. The van der Waals surface area contributed by atoms with Crippen LogP contribution in [0.3, 0.4) is 0 Å². The Labute approximate surface area is 240 Å². The molecule has 0 aromatic heterocycles. The predicted octanol–water partition coefficient (Wildman–Crippen LogP) is 5.09. The van der Waals surface area contributed by atoms with Crippen molar-refractivity contribution in [1.82, 2.24) is 15.5 Å². The van der Waals surface area contributed by atoms with Crippen molar-refractivity contribution < 1.29 is 18.7 Å². The van der Waals surface area contributed by atoms with E-state index in [9.17, 15) is 9.59 Å². The fourth-order valence-electron chi connectivity index (χ4n) is 4.91. The highest BCUT2D eigenvalue weighted by Crippen LogP contribution is 2.37. The molecule has 3 aromatic rings. The molecular weight excluding hydrogens is 521 g/mol. The van der Waals surface area contributed by atoms with Crippen molar-refractivity contribution in [3.05, 3.63) is 82.8 Å². The molecule has 9 heteroatoms. The Morgan fingerprint density at radius 2 is 1.76 bits per heavy atom. The normalized spacial score (nSPS) is 13.5. The molecule has 0 saturated carbocycles. The Morgan fingerprint density at radius 1 is 1.10 bits per heavy atom. The first-order valence-electron chi connectivity index (χ1n) is 13.5. The van der Waals surface area contributed by atoms with Crippen molar-refractivity contribution in [1.29, 1.82) is 0 Å². The van der Waals surface area contributed by atoms with Gasteiger partial charge in [-0.15, -0.1) is 0 Å². The van der Waals surface area contributed by atoms with E-state index >= 15 is 4.39 Å². The van der Waals surface area contributed by atoms with E-state index in [2.05, 4.69) is 16.0 Å². The molecule has 0 radical (unpaired) electrons. The smallest absolute Gasteiger partial charge is 0.321 e. The van der Waals surface area contributed by atoms with E-state index in [1.165, 1.54) is 24.3 Å². The summed E-state index contributed by atoms with van der Waals surface area (Å²) in [6.45, 7) is 8.82. The van der Waals surface area contributed by atoms with Gasteiger partial charge in [-0.3, -0.25) is 4.79 Å². The minimum atomic E-state index is -0.416. The van der Waals surface area contributed by atoms with Crippen molar-refractivity contribution in [2.75, 3.05) is 32.6 Å². The van der Waals surface area contributed by atoms with Gasteiger partial charge < -0.3 is 31.3 Å². The maximum Gasteiger partial charge on any atom is 0.321 e. The summed E-state index contributed by atoms with van der Waals surface area (Å²) in [6, 6.07) is 14.8. The number of halogens is 1. The van der Waals surface area contributed by atoms with Gasteiger partial charge in [-0.05, 0) is 79.3 Å². The number of rotatable bonds is 9. The number of ether oxygens (including phenoxy) is 1. The minimum Gasteiger partial charge on any atom is -0.496 e. The van der Waals surface area contributed by atoms with Crippen LogP contribution < -0.4 is 26.4 Å². The summed E-state index contributed by atoms with van der Waals surface area (Å²) >= 11 is 0. The highest BCUT2D eigenvalue weighted by Gasteiger charge is 2.22. The molecule has 8 nitrogen and oxygen atoms in total. The van der Waals surface area contributed by atoms with Gasteiger partial charge in [0.05, 0.1) is 19.2 Å². The summed E-state index contributed by atoms with van der Waals surface area (Å²) in [5.74, 6) is -0.173. The quantitative estimate of drug-likeness (QED) is 0.292. The van der Waals surface area contributed by atoms with E-state index in [0.29, 0.717) is 41.2 Å². The molecule has 0 unspecified atom stereocenters. The third-order valence-electron chi connectivity index (χ3n) is 7.19. The van der Waals surface area contributed by atoms with Crippen LogP contribution in [0.5, 0.6) is 5.75 Å². The summed E-state index contributed by atoms with van der Waals surface area (Å²) in [5, 5.41) is 8.77. The number of carbonyl (C=O) groups excluding carboxylic acids is 2. The molecule has 0 spiro atoms. The zero-order chi connectivity index (χ0) is 29.9. The molecule has 5 N–H and O–H groups in total. The number of hydrogen-bond acceptors (Lipinski definition) is 5. The molecule has 0 aliphatic carbocycles. The monoisotopic (exact) mass is 559 g/mol. The molecule has 1 aliphatic rings. The number of urea groups is 1. The van der Waals surface area contributed by atoms with Gasteiger partial charge in [0.2, 0.25) is 0 Å². The van der Waals surface area contributed by atoms with Crippen LogP contribution in [0.4, 0.5) is 14.9 Å². The second-order valence-electron chi connectivity index (χ2n) is 11.1. The van der Waals surface area contributed by atoms with Gasteiger partial charge in [-0.25, -0.2) is 9.18 Å². The van der Waals surface area contributed by atoms with E-state index in [-0.39, 0.29) is 24.3 Å². The summed E-state index contributed by atoms with van der Waals surface area (Å²) in [4.78, 5) is 26.1. The standard InChI is InChI=1S/C32H38FN5O3/c1-19-23(21-13-27(33)26(29(14-21)41-6)16-35-18-32(3,4)34)9-7-10-24(19)25-11-8-12-28(20(25)2)37-30(39)22-15-36-31(40)38(5)17-22/h7-15,35H,16-18,34H2,1-6H3,(H,36,40)(H,37,39). The maximum absolute atomic E-state index is 15.4. The molecule has 0 bridgehead atoms. The molecule has 41 heavy (non-hydrogen) atoms. The fraction of sp³-hybridized carbons (Fsp3) is 0.312. The maximum atomic E-state index is 15.4. The largest absolute Gasteiger partial charge is 0.496 e. The van der Waals surface area contributed by atoms with Crippen LogP contribution in [0.25, 0.3) is 22.3 Å². The Bertz CT molecular complexity index is 1510. The number of amides is 3. The Kier molecular flexibility index (Phi) is 8.80. The highest BCUT2D eigenvalue weighted by molar-refractivity contribution is 6.06. The zero-order valence-electron chi connectivity index (χ0n) is 24.4. The Morgan fingerprint density at radius 3 is 2.41 bits per heavy atom. The van der Waals surface area contributed by atoms with E-state index in [1.807, 2.05) is 70.2 Å². The van der Waals surface area contributed by atoms with Crippen molar-refractivity contribution in [2.45, 2.75) is 39.8 Å². The SMILES string of the molecule is COc1cc(-c2cccc(-c3cccc(NC(=O)C4=CNC(=O)N(C)C4)c3C)c2C)cc(F)c1CNCC(C)(C)N. The highest BCUT2D eigenvalue weighted by atomic mass is 19.1. The van der Waals surface area contributed by atoms with Gasteiger partial charge in [0.25, 0.3) is 5.91 Å². The van der Waals surface area contributed by atoms with E-state index in [0.717, 1.165) is 27.8 Å². The summed E-state index contributed by atoms with van der Waals surface area (Å²) in [6.07, 6.45) is 1.44. The van der Waals surface area contributed by atoms with Gasteiger partial charge in [0, 0.05) is 43.1 Å². The number of likely N-dealkylation sites (N-methyl/N-ethyl adjacent to an activating group) is 1. The van der Waals surface area contributed by atoms with Crippen molar-refractivity contribution >= 4 is 17.6 Å². The lowest BCUT2D eigenvalue weighted by molar-refractivity contribution is -0.113. The average molecular weight is 560 g/mol. The summed E-state index contributed by atoms with van der Waals surface area (Å²) in [5.41, 5.74) is 12.6. The second kappa shape index (κ2) is 12.1. The van der Waals surface area contributed by atoms with Gasteiger partial charge in [-0.1, -0.05) is 30.3 Å². The molecule has 1 heterocycles. The average Bonchev–Trinajstić information content (AvgIpc) is 2.91. The molecule has 0 fully saturated rings. The van der Waals surface area contributed by atoms with Crippen molar-refractivity contribution in [2.24, 2.45) is 5.73 Å². The minimum absolute atomic E-state index is 0.220. The number of benzene rings is 3. The van der Waals surface area contributed by atoms with Crippen LogP contribution in [0.2, 0.25) is 0 Å². The fourth-order valence-corrected chi connectivity index (χ4v) is 4.91. The summed E-state index contributed by atoms with van der Waals surface area (Å²) in [7, 11) is 3.17. The number of nitrogens with one attached hydrogen (secondary N) is 3. The third kappa shape index (κ3) is 6.75. The summed E-state index contributed by atoms with van der Waals surface area (Å²) < 4.78 is 21.0. The molecule has 3 aromatic carbocycles. The van der Waals surface area contributed by atoms with E-state index in [4.69, 9.17) is 10.5 Å². The lowest BCUT2D eigenvalue weighted by Gasteiger charge is -2.23. The van der Waals surface area contributed by atoms with Gasteiger partial charge >= 0.3 is 6.03 Å². The van der Waals surface area contributed by atoms with E-state index in [1.54, 1.807) is 7.05 Å². The zero-order valence-corrected chi connectivity index (χ0v) is 24.4. The number of methoxy groups -OCH3 is 1. The molecule has 4 rings (SSSR count). The lowest BCUT2D eigenvalue weighted by Crippen LogP contribution is -2.42. The molecule has 0 atom stereocenters. The van der Waals surface area contributed by atoms with Crippen LogP contribution >= 0.6 is 0 Å². The molecular formula is C32H38FN5O3. The van der Waals surface area contributed by atoms with Crippen LogP contribution in [-0.2, 0) is 11.3 Å². The number of nitrogens with two attached hydrogens (primary N) is 1. The van der Waals surface area contributed by atoms with Gasteiger partial charge in [0.1, 0.15) is 11.6 Å². The van der Waals surface area contributed by atoms with Crippen LogP contribution in [0.1, 0.15) is 30.5 Å². The van der Waals surface area contributed by atoms with E-state index < -0.39 is 5.54 Å². The lowest BCUT2D eigenvalue weighted by atomic mass is 9.90. The van der Waals surface area contributed by atoms with Crippen molar-refractivity contribution in [3.63, 3.8) is 0 Å². The second-order valence-corrected chi connectivity index (χ2v) is 11.1. The first-order valence-corrected chi connectivity index (χ1v) is 13.5. The Balaban J connectivity index is 1.64. The number of hydrogen-bond donors (Lipinski definition) is 4.